The van der Waals surface area contributed by atoms with E-state index in [-0.39, 0.29) is 10.7 Å². The molecule has 2 aromatic carbocycles. The van der Waals surface area contributed by atoms with Crippen LogP contribution in [0.15, 0.2) is 36.7 Å². The van der Waals surface area contributed by atoms with E-state index in [1.165, 1.54) is 18.8 Å². The zero-order chi connectivity index (χ0) is 19.7. The van der Waals surface area contributed by atoms with Crippen LogP contribution in [0.3, 0.4) is 0 Å². The Morgan fingerprint density at radius 2 is 2.18 bits per heavy atom. The van der Waals surface area contributed by atoms with Crippen LogP contribution in [-0.2, 0) is 6.42 Å². The average molecular weight is 401 g/mol. The van der Waals surface area contributed by atoms with Crippen LogP contribution in [0.5, 0.6) is 5.75 Å². The van der Waals surface area contributed by atoms with E-state index in [9.17, 15) is 4.39 Å². The van der Waals surface area contributed by atoms with Crippen molar-refractivity contribution >= 4 is 34.0 Å². The van der Waals surface area contributed by atoms with E-state index in [1.54, 1.807) is 19.2 Å². The molecule has 2 heterocycles. The number of anilines is 2. The van der Waals surface area contributed by atoms with Gasteiger partial charge in [0.05, 0.1) is 23.3 Å². The van der Waals surface area contributed by atoms with Gasteiger partial charge in [0.25, 0.3) is 0 Å². The van der Waals surface area contributed by atoms with E-state index >= 15 is 0 Å². The molecule has 5 nitrogen and oxygen atoms in total. The lowest BCUT2D eigenvalue weighted by Crippen LogP contribution is -2.15. The fourth-order valence-electron chi connectivity index (χ4n) is 3.81. The Labute approximate surface area is 168 Å². The summed E-state index contributed by atoms with van der Waals surface area (Å²) in [6.45, 7) is 2.19. The Morgan fingerprint density at radius 1 is 1.32 bits per heavy atom. The minimum atomic E-state index is -0.501. The molecule has 1 fully saturated rings. The topological polar surface area (TPSA) is 50.3 Å². The van der Waals surface area contributed by atoms with Crippen LogP contribution in [0.2, 0.25) is 5.02 Å². The van der Waals surface area contributed by atoms with E-state index in [4.69, 9.17) is 16.3 Å². The number of fused-ring (bicyclic) bond motifs is 1. The number of rotatable bonds is 5. The van der Waals surface area contributed by atoms with Crippen molar-refractivity contribution in [2.24, 2.45) is 5.92 Å². The fourth-order valence-corrected chi connectivity index (χ4v) is 3.98. The fraction of sp³-hybridized carbons (Fsp3) is 0.333. The molecule has 1 aliphatic heterocycles. The number of nitrogens with one attached hydrogen (secondary N) is 1. The maximum Gasteiger partial charge on any atom is 0.165 e. The quantitative estimate of drug-likeness (QED) is 0.674. The predicted octanol–water partition coefficient (Wildman–Crippen LogP) is 4.67. The molecule has 1 saturated heterocycles. The zero-order valence-electron chi connectivity index (χ0n) is 15.9. The molecular weight excluding hydrogens is 379 g/mol. The van der Waals surface area contributed by atoms with Gasteiger partial charge in [0.1, 0.15) is 17.9 Å². The number of aromatic nitrogens is 2. The molecule has 1 aromatic heterocycles. The second-order valence-corrected chi connectivity index (χ2v) is 7.66. The summed E-state index contributed by atoms with van der Waals surface area (Å²) in [5.41, 5.74) is 2.13. The lowest BCUT2D eigenvalue weighted by Gasteiger charge is -2.16. The van der Waals surface area contributed by atoms with E-state index in [2.05, 4.69) is 33.3 Å². The van der Waals surface area contributed by atoms with E-state index in [0.717, 1.165) is 41.7 Å². The molecule has 0 spiro atoms. The molecule has 146 valence electrons. The highest BCUT2D eigenvalue weighted by Crippen LogP contribution is 2.33. The molecule has 0 amide bonds. The highest BCUT2D eigenvalue weighted by atomic mass is 35.5. The van der Waals surface area contributed by atoms with Crippen LogP contribution in [0.4, 0.5) is 15.9 Å². The number of hydrogen-bond acceptors (Lipinski definition) is 5. The number of ether oxygens (including phenoxy) is 1. The summed E-state index contributed by atoms with van der Waals surface area (Å²) in [6, 6.07) is 8.82. The molecule has 0 saturated carbocycles. The van der Waals surface area contributed by atoms with Crippen LogP contribution >= 0.6 is 11.6 Å². The van der Waals surface area contributed by atoms with E-state index < -0.39 is 5.82 Å². The van der Waals surface area contributed by atoms with Gasteiger partial charge in [-0.05, 0) is 56.1 Å². The summed E-state index contributed by atoms with van der Waals surface area (Å²) >= 11 is 5.90. The molecule has 0 unspecified atom stereocenters. The van der Waals surface area contributed by atoms with Gasteiger partial charge < -0.3 is 15.0 Å². The number of likely N-dealkylation sites (tertiary alicyclic amines) is 1. The van der Waals surface area contributed by atoms with Gasteiger partial charge >= 0.3 is 0 Å². The van der Waals surface area contributed by atoms with Gasteiger partial charge in [-0.1, -0.05) is 17.7 Å². The largest absolute Gasteiger partial charge is 0.496 e. The smallest absolute Gasteiger partial charge is 0.165 e. The summed E-state index contributed by atoms with van der Waals surface area (Å²) < 4.78 is 19.9. The average Bonchev–Trinajstić information content (AvgIpc) is 3.10. The molecule has 1 aliphatic rings. The SMILES string of the molecule is COc1cc2ncnc(Nc3cccc(Cl)c3F)c2cc1C[C@@H]1CCN(C)C1. The van der Waals surface area contributed by atoms with Crippen molar-refractivity contribution < 1.29 is 9.13 Å². The minimum Gasteiger partial charge on any atom is -0.496 e. The second kappa shape index (κ2) is 7.89. The van der Waals surface area contributed by atoms with Gasteiger partial charge in [0, 0.05) is 18.0 Å². The Bertz CT molecular complexity index is 1010. The molecule has 1 N–H and O–H groups in total. The van der Waals surface area contributed by atoms with E-state index in [1.807, 2.05) is 6.07 Å². The van der Waals surface area contributed by atoms with E-state index in [0.29, 0.717) is 11.7 Å². The Kier molecular flexibility index (Phi) is 5.33. The zero-order valence-corrected chi connectivity index (χ0v) is 16.6. The molecule has 3 aromatic rings. The van der Waals surface area contributed by atoms with Gasteiger partial charge in [-0.2, -0.15) is 0 Å². The number of halogens is 2. The number of benzene rings is 2. The first kappa shape index (κ1) is 18.9. The van der Waals surface area contributed by atoms with Crippen molar-refractivity contribution in [1.29, 1.82) is 0 Å². The van der Waals surface area contributed by atoms with Crippen molar-refractivity contribution in [2.45, 2.75) is 12.8 Å². The third kappa shape index (κ3) is 3.75. The molecule has 7 heteroatoms. The lowest BCUT2D eigenvalue weighted by molar-refractivity contribution is 0.386. The van der Waals surface area contributed by atoms with Gasteiger partial charge in [-0.25, -0.2) is 14.4 Å². The summed E-state index contributed by atoms with van der Waals surface area (Å²) in [5.74, 6) is 1.45. The maximum atomic E-state index is 14.3. The van der Waals surface area contributed by atoms with Crippen LogP contribution in [0.1, 0.15) is 12.0 Å². The first-order valence-electron chi connectivity index (χ1n) is 9.26. The molecule has 28 heavy (non-hydrogen) atoms. The van der Waals surface area contributed by atoms with Gasteiger partial charge in [0.15, 0.2) is 5.82 Å². The Hall–Kier alpha value is -2.44. The van der Waals surface area contributed by atoms with Crippen molar-refractivity contribution in [2.75, 3.05) is 32.6 Å². The van der Waals surface area contributed by atoms with Crippen molar-refractivity contribution in [3.05, 3.63) is 53.1 Å². The molecule has 0 aliphatic carbocycles. The lowest BCUT2D eigenvalue weighted by atomic mass is 9.96. The third-order valence-corrected chi connectivity index (χ3v) is 5.53. The minimum absolute atomic E-state index is 0.0658. The first-order chi connectivity index (χ1) is 13.5. The summed E-state index contributed by atoms with van der Waals surface area (Å²) in [5, 5.41) is 3.95. The number of hydrogen-bond donors (Lipinski definition) is 1. The first-order valence-corrected chi connectivity index (χ1v) is 9.64. The highest BCUT2D eigenvalue weighted by molar-refractivity contribution is 6.31. The monoisotopic (exact) mass is 400 g/mol. The van der Waals surface area contributed by atoms with Gasteiger partial charge in [-0.3, -0.25) is 0 Å². The summed E-state index contributed by atoms with van der Waals surface area (Å²) in [7, 11) is 3.82. The Balaban J connectivity index is 1.73. The molecule has 1 atom stereocenters. The highest BCUT2D eigenvalue weighted by Gasteiger charge is 2.22. The number of nitrogens with zero attached hydrogens (tertiary/aromatic N) is 3. The van der Waals surface area contributed by atoms with Crippen LogP contribution in [-0.4, -0.2) is 42.1 Å². The maximum absolute atomic E-state index is 14.3. The standard InChI is InChI=1S/C21H22ClFN4O/c1-27-7-6-13(11-27)8-14-9-15-18(10-19(14)28-2)24-12-25-21(15)26-17-5-3-4-16(22)20(17)23/h3-5,9-10,12-13H,6-8,11H2,1-2H3,(H,24,25,26)/t13-/m0/s1. The second-order valence-electron chi connectivity index (χ2n) is 7.25. The third-order valence-electron chi connectivity index (χ3n) is 5.24. The van der Waals surface area contributed by atoms with Gasteiger partial charge in [-0.15, -0.1) is 0 Å². The molecule has 0 bridgehead atoms. The van der Waals surface area contributed by atoms with Crippen molar-refractivity contribution in [1.82, 2.24) is 14.9 Å². The summed E-state index contributed by atoms with van der Waals surface area (Å²) in [4.78, 5) is 11.0. The van der Waals surface area contributed by atoms with Crippen molar-refractivity contribution in [3.8, 4) is 5.75 Å². The summed E-state index contributed by atoms with van der Waals surface area (Å²) in [6.07, 6.45) is 3.54. The van der Waals surface area contributed by atoms with Crippen LogP contribution in [0.25, 0.3) is 10.9 Å². The molecule has 0 radical (unpaired) electrons. The van der Waals surface area contributed by atoms with Crippen LogP contribution < -0.4 is 10.1 Å². The van der Waals surface area contributed by atoms with Crippen molar-refractivity contribution in [3.63, 3.8) is 0 Å². The van der Waals surface area contributed by atoms with Gasteiger partial charge in [0.2, 0.25) is 0 Å². The molecule has 4 rings (SSSR count). The normalized spacial score (nSPS) is 17.2. The Morgan fingerprint density at radius 3 is 2.93 bits per heavy atom. The van der Waals surface area contributed by atoms with Crippen LogP contribution in [0, 0.1) is 11.7 Å². The number of methoxy groups -OCH3 is 1. The predicted molar refractivity (Wildman–Crippen MR) is 110 cm³/mol. The molecular formula is C21H22ClFN4O.